The lowest BCUT2D eigenvalue weighted by molar-refractivity contribution is -0.265. The van der Waals surface area contributed by atoms with E-state index >= 15 is 0 Å². The summed E-state index contributed by atoms with van der Waals surface area (Å²) in [6.07, 6.45) is -9.05. The number of aliphatic hydroxyl groups excluding tert-OH is 1. The van der Waals surface area contributed by atoms with Crippen LogP contribution in [-0.4, -0.2) is 110 Å². The zero-order valence-electron chi connectivity index (χ0n) is 15.4. The maximum absolute atomic E-state index is 13.6. The molecule has 0 aromatic carbocycles. The highest BCUT2D eigenvalue weighted by Gasteiger charge is 2.53. The summed E-state index contributed by atoms with van der Waals surface area (Å²) in [7, 11) is 3.58. The van der Waals surface area contributed by atoms with Gasteiger partial charge in [-0.2, -0.15) is 13.2 Å². The molecule has 3 aliphatic heterocycles. The molecule has 3 aliphatic rings. The van der Waals surface area contributed by atoms with E-state index in [-0.39, 0.29) is 13.0 Å². The highest BCUT2D eigenvalue weighted by atomic mass is 32.2. The summed E-state index contributed by atoms with van der Waals surface area (Å²) in [4.78, 5) is 8.13. The summed E-state index contributed by atoms with van der Waals surface area (Å²) in [5, 5.41) is 11.0. The van der Waals surface area contributed by atoms with Crippen molar-refractivity contribution in [3.05, 3.63) is 0 Å². The van der Waals surface area contributed by atoms with Crippen LogP contribution in [0, 0.1) is 0 Å². The van der Waals surface area contributed by atoms with Gasteiger partial charge in [0.1, 0.15) is 11.5 Å². The van der Waals surface area contributed by atoms with Gasteiger partial charge >= 0.3 is 6.18 Å². The predicted molar refractivity (Wildman–Crippen MR) is 94.8 cm³/mol. The number of alkyl halides is 3. The average Bonchev–Trinajstić information content (AvgIpc) is 3.03. The fourth-order valence-electron chi connectivity index (χ4n) is 3.34. The SMILES string of the molecule is CN(C)C1=N[C@H]2[C@H](O[C@H]([C@@H](OCCN3CCOCC3)C(F)(F)F)C[C@@H]2O)S1. The molecule has 0 spiro atoms. The van der Waals surface area contributed by atoms with Gasteiger partial charge in [0.05, 0.1) is 32.0 Å². The van der Waals surface area contributed by atoms with Crippen molar-refractivity contribution in [1.82, 2.24) is 9.80 Å². The first-order valence-corrected chi connectivity index (χ1v) is 9.87. The Hall–Kier alpha value is -0.590. The van der Waals surface area contributed by atoms with Gasteiger partial charge < -0.3 is 24.2 Å². The zero-order valence-corrected chi connectivity index (χ0v) is 16.2. The van der Waals surface area contributed by atoms with Crippen molar-refractivity contribution >= 4 is 16.9 Å². The van der Waals surface area contributed by atoms with E-state index in [0.717, 1.165) is 0 Å². The van der Waals surface area contributed by atoms with E-state index in [2.05, 4.69) is 4.99 Å². The maximum Gasteiger partial charge on any atom is 0.417 e. The number of halogens is 3. The van der Waals surface area contributed by atoms with Crippen LogP contribution in [0.15, 0.2) is 4.99 Å². The monoisotopic (exact) mass is 413 g/mol. The van der Waals surface area contributed by atoms with Gasteiger partial charge in [0, 0.05) is 40.2 Å². The molecule has 0 aromatic heterocycles. The third-order valence-corrected chi connectivity index (χ3v) is 6.09. The number of amidine groups is 1. The third kappa shape index (κ3) is 5.27. The average molecular weight is 413 g/mol. The smallest absolute Gasteiger partial charge is 0.391 e. The zero-order chi connectivity index (χ0) is 19.6. The van der Waals surface area contributed by atoms with Gasteiger partial charge in [-0.1, -0.05) is 11.8 Å². The van der Waals surface area contributed by atoms with E-state index in [0.29, 0.717) is 38.0 Å². The summed E-state index contributed by atoms with van der Waals surface area (Å²) in [6, 6.07) is -0.550. The second kappa shape index (κ2) is 8.83. The minimum absolute atomic E-state index is 0.0547. The quantitative estimate of drug-likeness (QED) is 0.714. The van der Waals surface area contributed by atoms with E-state index < -0.39 is 36.0 Å². The lowest BCUT2D eigenvalue weighted by Crippen LogP contribution is -2.53. The van der Waals surface area contributed by atoms with E-state index in [4.69, 9.17) is 14.2 Å². The topological polar surface area (TPSA) is 66.8 Å². The summed E-state index contributed by atoms with van der Waals surface area (Å²) in [5.41, 5.74) is -0.635. The second-order valence-electron chi connectivity index (χ2n) is 7.05. The first-order chi connectivity index (χ1) is 12.8. The lowest BCUT2D eigenvalue weighted by Gasteiger charge is -2.38. The van der Waals surface area contributed by atoms with Crippen LogP contribution < -0.4 is 0 Å². The Morgan fingerprint density at radius 1 is 1.37 bits per heavy atom. The van der Waals surface area contributed by atoms with E-state index in [1.165, 1.54) is 11.8 Å². The molecule has 0 amide bonds. The van der Waals surface area contributed by atoms with Gasteiger partial charge in [-0.25, -0.2) is 0 Å². The molecule has 5 atom stereocenters. The largest absolute Gasteiger partial charge is 0.417 e. The summed E-state index contributed by atoms with van der Waals surface area (Å²) in [5.74, 6) is 0. The number of hydrogen-bond acceptors (Lipinski definition) is 8. The van der Waals surface area contributed by atoms with Crippen LogP contribution in [0.1, 0.15) is 6.42 Å². The van der Waals surface area contributed by atoms with Gasteiger partial charge in [-0.15, -0.1) is 0 Å². The van der Waals surface area contributed by atoms with Crippen LogP contribution >= 0.6 is 11.8 Å². The first-order valence-electron chi connectivity index (χ1n) is 8.99. The Kier molecular flexibility index (Phi) is 6.91. The molecule has 0 aliphatic carbocycles. The molecule has 7 nitrogen and oxygen atoms in total. The number of thioether (sulfide) groups is 1. The molecule has 3 heterocycles. The van der Waals surface area contributed by atoms with E-state index in [1.54, 1.807) is 19.0 Å². The number of hydrogen-bond donors (Lipinski definition) is 1. The standard InChI is InChI=1S/C16H26F3N3O4S/c1-21(2)15-20-12-10(23)9-11(26-14(12)27-15)13(16(17,18)19)25-8-5-22-3-6-24-7-4-22/h10-14,23H,3-9H2,1-2H3/t10-,11-,12+,13+,14+/m0/s1. The summed E-state index contributed by atoms with van der Waals surface area (Å²) in [6.45, 7) is 2.87. The third-order valence-electron chi connectivity index (χ3n) is 4.79. The molecule has 1 N–H and O–H groups in total. The van der Waals surface area contributed by atoms with E-state index in [1.807, 2.05) is 4.90 Å². The van der Waals surface area contributed by atoms with Crippen LogP contribution in [-0.2, 0) is 14.2 Å². The van der Waals surface area contributed by atoms with Crippen molar-refractivity contribution in [3.63, 3.8) is 0 Å². The molecule has 0 radical (unpaired) electrons. The number of aliphatic hydroxyl groups is 1. The highest BCUT2D eigenvalue weighted by molar-refractivity contribution is 8.14. The van der Waals surface area contributed by atoms with Crippen molar-refractivity contribution < 1.29 is 32.5 Å². The molecule has 27 heavy (non-hydrogen) atoms. The molecule has 2 saturated heterocycles. The number of ether oxygens (including phenoxy) is 3. The van der Waals surface area contributed by atoms with Gasteiger partial charge in [0.2, 0.25) is 0 Å². The Labute approximate surface area is 160 Å². The van der Waals surface area contributed by atoms with Gasteiger partial charge in [-0.05, 0) is 0 Å². The normalized spacial score (nSPS) is 33.5. The minimum atomic E-state index is -4.57. The van der Waals surface area contributed by atoms with Crippen molar-refractivity contribution in [1.29, 1.82) is 0 Å². The molecule has 2 fully saturated rings. The molecule has 11 heteroatoms. The van der Waals surface area contributed by atoms with Crippen LogP contribution in [0.25, 0.3) is 0 Å². The summed E-state index contributed by atoms with van der Waals surface area (Å²) >= 11 is 1.23. The molecule has 0 bridgehead atoms. The van der Waals surface area contributed by atoms with Gasteiger partial charge in [-0.3, -0.25) is 9.89 Å². The fraction of sp³-hybridized carbons (Fsp3) is 0.938. The second-order valence-corrected chi connectivity index (χ2v) is 8.11. The van der Waals surface area contributed by atoms with Gasteiger partial charge in [0.25, 0.3) is 0 Å². The van der Waals surface area contributed by atoms with Gasteiger partial charge in [0.15, 0.2) is 11.3 Å². The maximum atomic E-state index is 13.6. The Balaban J connectivity index is 1.59. The minimum Gasteiger partial charge on any atom is -0.391 e. The molecular formula is C16H26F3N3O4S. The van der Waals surface area contributed by atoms with Crippen molar-refractivity contribution in [2.75, 3.05) is 53.6 Å². The van der Waals surface area contributed by atoms with Crippen LogP contribution in [0.4, 0.5) is 13.2 Å². The van der Waals surface area contributed by atoms with Crippen LogP contribution in [0.2, 0.25) is 0 Å². The fourth-order valence-corrected chi connectivity index (χ4v) is 4.52. The number of aliphatic imine (C=N–C) groups is 1. The number of morpholine rings is 1. The molecule has 3 rings (SSSR count). The van der Waals surface area contributed by atoms with Crippen molar-refractivity contribution in [2.24, 2.45) is 4.99 Å². The Bertz CT molecular complexity index is 532. The molecule has 0 saturated carbocycles. The molecule has 0 aromatic rings. The Morgan fingerprint density at radius 3 is 2.70 bits per heavy atom. The van der Waals surface area contributed by atoms with Crippen LogP contribution in [0.5, 0.6) is 0 Å². The number of rotatable bonds is 5. The van der Waals surface area contributed by atoms with Crippen molar-refractivity contribution in [2.45, 2.75) is 42.4 Å². The van der Waals surface area contributed by atoms with Crippen molar-refractivity contribution in [3.8, 4) is 0 Å². The Morgan fingerprint density at radius 2 is 2.07 bits per heavy atom. The van der Waals surface area contributed by atoms with Crippen LogP contribution in [0.3, 0.4) is 0 Å². The predicted octanol–water partition coefficient (Wildman–Crippen LogP) is 0.775. The molecular weight excluding hydrogens is 387 g/mol. The summed E-state index contributed by atoms with van der Waals surface area (Å²) < 4.78 is 56.9. The lowest BCUT2D eigenvalue weighted by atomic mass is 9.98. The van der Waals surface area contributed by atoms with E-state index in [9.17, 15) is 18.3 Å². The molecule has 156 valence electrons. The first kappa shape index (κ1) is 21.1. The number of nitrogens with zero attached hydrogens (tertiary/aromatic N) is 3. The number of fused-ring (bicyclic) bond motifs is 1. The molecule has 0 unspecified atom stereocenters. The highest BCUT2D eigenvalue weighted by Crippen LogP contribution is 2.40.